The number of hydrogen-bond donors (Lipinski definition) is 4. The standard InChI is InChI=1S/C24H26O5/c1-14-21(13-25)29-24(23(28)22(14)27)19-12-15(7-8-20(19)26)9-16-10-17-5-3-2-4-6-18(17)11-16/h2-8,10-12,14,21-28H,9,13H2,1H3/t14-,21-,22+,23-,24+/m1/s1. The summed E-state index contributed by atoms with van der Waals surface area (Å²) in [4.78, 5) is 0. The summed E-state index contributed by atoms with van der Waals surface area (Å²) in [6.45, 7) is 1.46. The van der Waals surface area contributed by atoms with Crippen molar-refractivity contribution >= 4 is 0 Å². The monoisotopic (exact) mass is 394 g/mol. The van der Waals surface area contributed by atoms with Crippen molar-refractivity contribution < 1.29 is 25.2 Å². The number of rotatable bonds is 4. The van der Waals surface area contributed by atoms with Gasteiger partial charge in [-0.05, 0) is 40.8 Å². The summed E-state index contributed by atoms with van der Waals surface area (Å²) in [6, 6.07) is 19.7. The van der Waals surface area contributed by atoms with Crippen LogP contribution in [0.1, 0.15) is 29.7 Å². The van der Waals surface area contributed by atoms with Crippen LogP contribution in [0.5, 0.6) is 5.75 Å². The molecule has 2 aliphatic carbocycles. The number of phenolic OH excluding ortho intramolecular Hbond substituents is 1. The zero-order valence-electron chi connectivity index (χ0n) is 16.3. The highest BCUT2D eigenvalue weighted by Crippen LogP contribution is 2.39. The van der Waals surface area contributed by atoms with E-state index in [4.69, 9.17) is 4.74 Å². The Kier molecular flexibility index (Phi) is 5.56. The maximum atomic E-state index is 10.5. The van der Waals surface area contributed by atoms with Crippen LogP contribution in [-0.2, 0) is 11.2 Å². The number of phenols is 1. The molecule has 5 nitrogen and oxygen atoms in total. The van der Waals surface area contributed by atoms with Crippen molar-refractivity contribution in [2.24, 2.45) is 5.92 Å². The Morgan fingerprint density at radius 2 is 1.55 bits per heavy atom. The summed E-state index contributed by atoms with van der Waals surface area (Å²) in [7, 11) is 0. The van der Waals surface area contributed by atoms with E-state index in [1.54, 1.807) is 19.1 Å². The third kappa shape index (κ3) is 3.87. The number of aromatic hydroxyl groups is 1. The number of aliphatic hydroxyl groups excluding tert-OH is 3. The molecule has 3 aliphatic rings. The molecule has 152 valence electrons. The van der Waals surface area contributed by atoms with Crippen LogP contribution in [0.4, 0.5) is 0 Å². The summed E-state index contributed by atoms with van der Waals surface area (Å²) in [5.74, 6) is -0.411. The molecule has 0 bridgehead atoms. The van der Waals surface area contributed by atoms with Gasteiger partial charge < -0.3 is 25.2 Å². The first kappa shape index (κ1) is 19.9. The van der Waals surface area contributed by atoms with Crippen molar-refractivity contribution in [3.05, 3.63) is 77.4 Å². The molecule has 0 radical (unpaired) electrons. The zero-order chi connectivity index (χ0) is 20.5. The average molecular weight is 394 g/mol. The second-order valence-corrected chi connectivity index (χ2v) is 7.87. The normalized spacial score (nSPS) is 27.2. The third-order valence-electron chi connectivity index (χ3n) is 5.88. The second kappa shape index (κ2) is 8.13. The van der Waals surface area contributed by atoms with Gasteiger partial charge in [-0.15, -0.1) is 0 Å². The van der Waals surface area contributed by atoms with Crippen LogP contribution in [-0.4, -0.2) is 45.3 Å². The Morgan fingerprint density at radius 3 is 2.21 bits per heavy atom. The van der Waals surface area contributed by atoms with E-state index in [9.17, 15) is 20.4 Å². The minimum absolute atomic E-state index is 0.00376. The Bertz CT molecular complexity index is 923. The Labute approximate surface area is 170 Å². The first-order valence-electron chi connectivity index (χ1n) is 9.90. The van der Waals surface area contributed by atoms with Crippen molar-refractivity contribution in [1.82, 2.24) is 0 Å². The lowest BCUT2D eigenvalue weighted by atomic mass is 9.85. The summed E-state index contributed by atoms with van der Waals surface area (Å²) < 4.78 is 5.84. The van der Waals surface area contributed by atoms with Crippen molar-refractivity contribution in [3.63, 3.8) is 0 Å². The van der Waals surface area contributed by atoms with Gasteiger partial charge in [0, 0.05) is 11.5 Å². The lowest BCUT2D eigenvalue weighted by Gasteiger charge is -2.41. The van der Waals surface area contributed by atoms with Crippen LogP contribution < -0.4 is 0 Å². The van der Waals surface area contributed by atoms with Crippen LogP contribution in [0.3, 0.4) is 0 Å². The molecule has 5 heteroatoms. The van der Waals surface area contributed by atoms with Gasteiger partial charge in [0.1, 0.15) is 18.0 Å². The lowest BCUT2D eigenvalue weighted by molar-refractivity contribution is -0.207. The van der Waals surface area contributed by atoms with Gasteiger partial charge in [0.05, 0.1) is 18.8 Å². The molecule has 29 heavy (non-hydrogen) atoms. The average Bonchev–Trinajstić information content (AvgIpc) is 2.96. The highest BCUT2D eigenvalue weighted by Gasteiger charge is 2.43. The molecule has 0 amide bonds. The minimum Gasteiger partial charge on any atom is -0.508 e. The molecule has 5 atom stereocenters. The summed E-state index contributed by atoms with van der Waals surface area (Å²) in [6.07, 6.45) is -3.08. The predicted molar refractivity (Wildman–Crippen MR) is 110 cm³/mol. The van der Waals surface area contributed by atoms with E-state index in [1.807, 2.05) is 24.3 Å². The van der Waals surface area contributed by atoms with Crippen molar-refractivity contribution in [2.45, 2.75) is 37.8 Å². The van der Waals surface area contributed by atoms with E-state index < -0.39 is 30.3 Å². The quantitative estimate of drug-likeness (QED) is 0.546. The van der Waals surface area contributed by atoms with E-state index in [-0.39, 0.29) is 12.4 Å². The van der Waals surface area contributed by atoms with Crippen LogP contribution >= 0.6 is 0 Å². The van der Waals surface area contributed by atoms with Gasteiger partial charge in [0.2, 0.25) is 0 Å². The minimum atomic E-state index is -1.18. The largest absolute Gasteiger partial charge is 0.508 e. The summed E-state index contributed by atoms with van der Waals surface area (Å²) in [5.41, 5.74) is 4.86. The van der Waals surface area contributed by atoms with Crippen molar-refractivity contribution in [3.8, 4) is 16.9 Å². The number of aliphatic hydroxyl groups is 3. The van der Waals surface area contributed by atoms with E-state index in [0.29, 0.717) is 12.0 Å². The molecule has 0 spiro atoms. The molecular formula is C24H26O5. The van der Waals surface area contributed by atoms with Gasteiger partial charge >= 0.3 is 0 Å². The van der Waals surface area contributed by atoms with Crippen LogP contribution in [0, 0.1) is 5.92 Å². The fourth-order valence-electron chi connectivity index (χ4n) is 4.13. The SMILES string of the molecule is C[C@H]1[C@H](O)[C@@H](O)[C@H](c2cc(Cc3cc4cccccc-4c3)ccc2O)O[C@@H]1CO. The van der Waals surface area contributed by atoms with Crippen molar-refractivity contribution in [2.75, 3.05) is 6.61 Å². The fourth-order valence-corrected chi connectivity index (χ4v) is 4.13. The molecule has 1 aromatic rings. The molecular weight excluding hydrogens is 368 g/mol. The predicted octanol–water partition coefficient (Wildman–Crippen LogP) is 2.88. The van der Waals surface area contributed by atoms with Gasteiger partial charge in [-0.25, -0.2) is 0 Å². The van der Waals surface area contributed by atoms with Crippen LogP contribution in [0.25, 0.3) is 11.1 Å². The molecule has 0 aromatic heterocycles. The fraction of sp³-hybridized carbons (Fsp3) is 0.333. The summed E-state index contributed by atoms with van der Waals surface area (Å²) >= 11 is 0. The highest BCUT2D eigenvalue weighted by molar-refractivity contribution is 5.68. The van der Waals surface area contributed by atoms with Gasteiger partial charge in [-0.3, -0.25) is 0 Å². The zero-order valence-corrected chi connectivity index (χ0v) is 16.3. The topological polar surface area (TPSA) is 90.2 Å². The van der Waals surface area contributed by atoms with Gasteiger partial charge in [0.25, 0.3) is 0 Å². The molecule has 0 saturated carbocycles. The van der Waals surface area contributed by atoms with Crippen LogP contribution in [0.15, 0.2) is 60.7 Å². The molecule has 1 aliphatic heterocycles. The highest BCUT2D eigenvalue weighted by atomic mass is 16.5. The van der Waals surface area contributed by atoms with E-state index >= 15 is 0 Å². The number of ether oxygens (including phenoxy) is 1. The second-order valence-electron chi connectivity index (χ2n) is 7.87. The van der Waals surface area contributed by atoms with Gasteiger partial charge in [0.15, 0.2) is 0 Å². The van der Waals surface area contributed by atoms with Gasteiger partial charge in [-0.1, -0.05) is 55.5 Å². The Balaban J connectivity index is 1.63. The number of hydrogen-bond acceptors (Lipinski definition) is 5. The van der Waals surface area contributed by atoms with E-state index in [1.165, 1.54) is 0 Å². The van der Waals surface area contributed by atoms with Gasteiger partial charge in [-0.2, -0.15) is 0 Å². The Hall–Kier alpha value is -2.44. The number of benzene rings is 1. The van der Waals surface area contributed by atoms with Crippen LogP contribution in [0.2, 0.25) is 0 Å². The number of fused-ring (bicyclic) bond motifs is 1. The first-order chi connectivity index (χ1) is 14.0. The van der Waals surface area contributed by atoms with Crippen molar-refractivity contribution in [1.29, 1.82) is 0 Å². The first-order valence-corrected chi connectivity index (χ1v) is 9.90. The third-order valence-corrected chi connectivity index (χ3v) is 5.88. The molecule has 4 rings (SSSR count). The lowest BCUT2D eigenvalue weighted by Crippen LogP contribution is -2.50. The van der Waals surface area contributed by atoms with E-state index in [0.717, 1.165) is 22.3 Å². The maximum Gasteiger partial charge on any atom is 0.121 e. The molecule has 1 saturated heterocycles. The molecule has 1 aromatic carbocycles. The molecule has 1 fully saturated rings. The molecule has 1 heterocycles. The molecule has 0 unspecified atom stereocenters. The maximum absolute atomic E-state index is 10.5. The van der Waals surface area contributed by atoms with E-state index in [2.05, 4.69) is 24.3 Å². The summed E-state index contributed by atoms with van der Waals surface area (Å²) in [5, 5.41) is 40.8. The molecule has 4 N–H and O–H groups in total. The smallest absolute Gasteiger partial charge is 0.121 e. The Morgan fingerprint density at radius 1 is 0.862 bits per heavy atom.